The van der Waals surface area contributed by atoms with Crippen molar-refractivity contribution in [1.82, 2.24) is 14.5 Å². The van der Waals surface area contributed by atoms with Crippen LogP contribution in [0.3, 0.4) is 0 Å². The molecule has 5 heteroatoms. The monoisotopic (exact) mass is 225 g/mol. The van der Waals surface area contributed by atoms with Crippen LogP contribution in [0.5, 0.6) is 0 Å². The molecular weight excluding hydrogens is 206 g/mol. The molecule has 0 spiro atoms. The van der Waals surface area contributed by atoms with Gasteiger partial charge in [0.15, 0.2) is 0 Å². The second-order valence-corrected chi connectivity index (χ2v) is 4.00. The fraction of sp³-hybridized carbons (Fsp3) is 0.636. The van der Waals surface area contributed by atoms with E-state index >= 15 is 0 Å². The molecule has 0 bridgehead atoms. The molecule has 1 heterocycles. The predicted octanol–water partition coefficient (Wildman–Crippen LogP) is 0.502. The molecular formula is C11H19N3O2. The average molecular weight is 225 g/mol. The average Bonchev–Trinajstić information content (AvgIpc) is 2.75. The van der Waals surface area contributed by atoms with Crippen molar-refractivity contribution in [3.8, 4) is 0 Å². The van der Waals surface area contributed by atoms with Crippen molar-refractivity contribution >= 4 is 5.91 Å². The molecule has 5 nitrogen and oxygen atoms in total. The van der Waals surface area contributed by atoms with Gasteiger partial charge in [-0.05, 0) is 13.3 Å². The number of rotatable bonds is 6. The van der Waals surface area contributed by atoms with Crippen molar-refractivity contribution in [2.24, 2.45) is 0 Å². The summed E-state index contributed by atoms with van der Waals surface area (Å²) in [7, 11) is 1.76. The molecule has 0 radical (unpaired) electrons. The number of carbonyl (C=O) groups excluding carboxylic acids is 1. The molecule has 0 aliphatic heterocycles. The van der Waals surface area contributed by atoms with Gasteiger partial charge in [0.2, 0.25) is 5.91 Å². The molecule has 0 aliphatic carbocycles. The van der Waals surface area contributed by atoms with E-state index in [2.05, 4.69) is 4.98 Å². The van der Waals surface area contributed by atoms with E-state index in [1.165, 1.54) is 0 Å². The Morgan fingerprint density at radius 2 is 2.38 bits per heavy atom. The molecule has 0 aromatic carbocycles. The molecule has 1 unspecified atom stereocenters. The number of aryl methyl sites for hydroxylation is 1. The quantitative estimate of drug-likeness (QED) is 0.767. The van der Waals surface area contributed by atoms with Gasteiger partial charge < -0.3 is 14.6 Å². The highest BCUT2D eigenvalue weighted by Gasteiger charge is 2.09. The maximum atomic E-state index is 11.7. The molecule has 16 heavy (non-hydrogen) atoms. The van der Waals surface area contributed by atoms with E-state index in [4.69, 9.17) is 5.11 Å². The van der Waals surface area contributed by atoms with Crippen LogP contribution in [0.15, 0.2) is 18.7 Å². The highest BCUT2D eigenvalue weighted by Crippen LogP contribution is 1.98. The van der Waals surface area contributed by atoms with Crippen LogP contribution in [0.1, 0.15) is 19.8 Å². The van der Waals surface area contributed by atoms with Gasteiger partial charge >= 0.3 is 0 Å². The van der Waals surface area contributed by atoms with Gasteiger partial charge in [0.25, 0.3) is 0 Å². The number of hydrogen-bond donors (Lipinski definition) is 1. The molecule has 1 amide bonds. The summed E-state index contributed by atoms with van der Waals surface area (Å²) in [6, 6.07) is 0. The van der Waals surface area contributed by atoms with E-state index in [1.54, 1.807) is 31.4 Å². The van der Waals surface area contributed by atoms with Gasteiger partial charge in [0.1, 0.15) is 0 Å². The third kappa shape index (κ3) is 4.44. The van der Waals surface area contributed by atoms with E-state index in [0.717, 1.165) is 0 Å². The highest BCUT2D eigenvalue weighted by atomic mass is 16.3. The maximum absolute atomic E-state index is 11.7. The first-order valence-electron chi connectivity index (χ1n) is 5.47. The minimum atomic E-state index is -0.358. The summed E-state index contributed by atoms with van der Waals surface area (Å²) in [5, 5.41) is 9.11. The van der Waals surface area contributed by atoms with Crippen molar-refractivity contribution in [2.75, 3.05) is 13.6 Å². The van der Waals surface area contributed by atoms with Crippen LogP contribution in [-0.2, 0) is 11.3 Å². The van der Waals surface area contributed by atoms with Gasteiger partial charge in [0.05, 0.1) is 12.4 Å². The Morgan fingerprint density at radius 3 is 2.94 bits per heavy atom. The fourth-order valence-electron chi connectivity index (χ4n) is 1.34. The van der Waals surface area contributed by atoms with Gasteiger partial charge in [-0.2, -0.15) is 0 Å². The van der Waals surface area contributed by atoms with E-state index in [1.807, 2.05) is 10.8 Å². The molecule has 1 atom stereocenters. The summed E-state index contributed by atoms with van der Waals surface area (Å²) in [5.41, 5.74) is 0. The first-order chi connectivity index (χ1) is 7.59. The van der Waals surface area contributed by atoms with Crippen LogP contribution in [-0.4, -0.2) is 45.2 Å². The van der Waals surface area contributed by atoms with Crippen LogP contribution in [0.4, 0.5) is 0 Å². The third-order valence-electron chi connectivity index (χ3n) is 2.45. The van der Waals surface area contributed by atoms with E-state index < -0.39 is 0 Å². The summed E-state index contributed by atoms with van der Waals surface area (Å²) in [6.07, 6.45) is 5.96. The normalized spacial score (nSPS) is 12.4. The first-order valence-corrected chi connectivity index (χ1v) is 5.47. The van der Waals surface area contributed by atoms with E-state index in [9.17, 15) is 4.79 Å². The smallest absolute Gasteiger partial charge is 0.224 e. The van der Waals surface area contributed by atoms with Crippen molar-refractivity contribution < 1.29 is 9.90 Å². The number of amides is 1. The number of carbonyl (C=O) groups is 1. The molecule has 0 fully saturated rings. The number of imidazole rings is 1. The SMILES string of the molecule is CC(O)CCN(C)C(=O)CCn1ccnc1. The van der Waals surface area contributed by atoms with Crippen LogP contribution < -0.4 is 0 Å². The van der Waals surface area contributed by atoms with Gasteiger partial charge in [-0.15, -0.1) is 0 Å². The van der Waals surface area contributed by atoms with Crippen LogP contribution in [0.25, 0.3) is 0 Å². The second-order valence-electron chi connectivity index (χ2n) is 4.00. The Kier molecular flexibility index (Phi) is 4.98. The van der Waals surface area contributed by atoms with Gasteiger partial charge in [-0.3, -0.25) is 4.79 Å². The molecule has 0 saturated heterocycles. The second kappa shape index (κ2) is 6.27. The number of aromatic nitrogens is 2. The standard InChI is InChI=1S/C11H19N3O2/c1-10(15)3-6-13(2)11(16)4-7-14-8-5-12-9-14/h5,8-10,15H,3-4,6-7H2,1-2H3. The lowest BCUT2D eigenvalue weighted by atomic mass is 10.2. The maximum Gasteiger partial charge on any atom is 0.224 e. The third-order valence-corrected chi connectivity index (χ3v) is 2.45. The predicted molar refractivity (Wildman–Crippen MR) is 60.8 cm³/mol. The minimum Gasteiger partial charge on any atom is -0.393 e. The molecule has 90 valence electrons. The first kappa shape index (κ1) is 12.7. The summed E-state index contributed by atoms with van der Waals surface area (Å²) < 4.78 is 1.88. The molecule has 1 rings (SSSR count). The van der Waals surface area contributed by atoms with E-state index in [0.29, 0.717) is 25.9 Å². The largest absolute Gasteiger partial charge is 0.393 e. The lowest BCUT2D eigenvalue weighted by Crippen LogP contribution is -2.30. The Labute approximate surface area is 95.7 Å². The van der Waals surface area contributed by atoms with Crippen LogP contribution >= 0.6 is 0 Å². The van der Waals surface area contributed by atoms with Crippen molar-refractivity contribution in [3.05, 3.63) is 18.7 Å². The van der Waals surface area contributed by atoms with Crippen molar-refractivity contribution in [2.45, 2.75) is 32.4 Å². The molecule has 1 N–H and O–H groups in total. The zero-order valence-corrected chi connectivity index (χ0v) is 9.83. The highest BCUT2D eigenvalue weighted by molar-refractivity contribution is 5.75. The summed E-state index contributed by atoms with van der Waals surface area (Å²) in [6.45, 7) is 2.97. The summed E-state index contributed by atoms with van der Waals surface area (Å²) in [4.78, 5) is 17.2. The number of aliphatic hydroxyl groups excluding tert-OH is 1. The fourth-order valence-corrected chi connectivity index (χ4v) is 1.34. The molecule has 1 aromatic heterocycles. The van der Waals surface area contributed by atoms with Gasteiger partial charge in [-0.25, -0.2) is 4.98 Å². The Balaban J connectivity index is 2.23. The molecule has 0 aliphatic rings. The van der Waals surface area contributed by atoms with Crippen LogP contribution in [0, 0.1) is 0 Å². The lowest BCUT2D eigenvalue weighted by Gasteiger charge is -2.18. The number of hydrogen-bond acceptors (Lipinski definition) is 3. The van der Waals surface area contributed by atoms with Crippen molar-refractivity contribution in [3.63, 3.8) is 0 Å². The van der Waals surface area contributed by atoms with E-state index in [-0.39, 0.29) is 12.0 Å². The van der Waals surface area contributed by atoms with Crippen LogP contribution in [0.2, 0.25) is 0 Å². The number of aliphatic hydroxyl groups is 1. The minimum absolute atomic E-state index is 0.0920. The Bertz CT molecular complexity index is 309. The Morgan fingerprint density at radius 1 is 1.62 bits per heavy atom. The number of nitrogens with zero attached hydrogens (tertiary/aromatic N) is 3. The zero-order valence-electron chi connectivity index (χ0n) is 9.83. The summed E-state index contributed by atoms with van der Waals surface area (Å²) in [5.74, 6) is 0.0920. The topological polar surface area (TPSA) is 58.4 Å². The molecule has 0 saturated carbocycles. The van der Waals surface area contributed by atoms with Crippen molar-refractivity contribution in [1.29, 1.82) is 0 Å². The Hall–Kier alpha value is -1.36. The zero-order chi connectivity index (χ0) is 12.0. The molecule has 1 aromatic rings. The van der Waals surface area contributed by atoms with Gasteiger partial charge in [-0.1, -0.05) is 0 Å². The van der Waals surface area contributed by atoms with Gasteiger partial charge in [0, 0.05) is 39.0 Å². The summed E-state index contributed by atoms with van der Waals surface area (Å²) >= 11 is 0. The lowest BCUT2D eigenvalue weighted by molar-refractivity contribution is -0.130.